The van der Waals surface area contributed by atoms with Gasteiger partial charge in [-0.2, -0.15) is 5.10 Å². The minimum absolute atomic E-state index is 0.0859. The second kappa shape index (κ2) is 9.00. The molecular formula is C19H18N4O3S. The van der Waals surface area contributed by atoms with Crippen LogP contribution in [0.2, 0.25) is 0 Å². The van der Waals surface area contributed by atoms with Gasteiger partial charge >= 0.3 is 0 Å². The molecule has 7 nitrogen and oxygen atoms in total. The lowest BCUT2D eigenvalue weighted by Gasteiger charge is -2.09. The van der Waals surface area contributed by atoms with Gasteiger partial charge in [0.1, 0.15) is 5.75 Å². The normalized spacial score (nSPS) is 15.1. The third kappa shape index (κ3) is 5.68. The number of thioether (sulfide) groups is 1. The maximum atomic E-state index is 12.1. The molecule has 2 aromatic carbocycles. The van der Waals surface area contributed by atoms with Crippen molar-refractivity contribution >= 4 is 40.6 Å². The Hall–Kier alpha value is -3.13. The van der Waals surface area contributed by atoms with Crippen LogP contribution in [0.3, 0.4) is 0 Å². The van der Waals surface area contributed by atoms with Crippen molar-refractivity contribution in [2.24, 2.45) is 10.2 Å². The highest BCUT2D eigenvalue weighted by Crippen LogP contribution is 2.16. The number of ether oxygens (including phenoxy) is 1. The zero-order valence-electron chi connectivity index (χ0n) is 14.6. The third-order valence-electron chi connectivity index (χ3n) is 3.54. The molecular weight excluding hydrogens is 364 g/mol. The largest absolute Gasteiger partial charge is 0.483 e. The summed E-state index contributed by atoms with van der Waals surface area (Å²) >= 11 is 1.30. The number of para-hydroxylation sites is 1. The molecule has 0 radical (unpaired) electrons. The van der Waals surface area contributed by atoms with Crippen LogP contribution in [0.25, 0.3) is 0 Å². The van der Waals surface area contributed by atoms with Gasteiger partial charge in [0.15, 0.2) is 11.8 Å². The highest BCUT2D eigenvalue weighted by molar-refractivity contribution is 8.15. The van der Waals surface area contributed by atoms with Gasteiger partial charge < -0.3 is 15.4 Å². The Bertz CT molecular complexity index is 894. The predicted octanol–water partition coefficient (Wildman–Crippen LogP) is 2.57. The summed E-state index contributed by atoms with van der Waals surface area (Å²) in [6.07, 6.45) is 1.52. The average molecular weight is 382 g/mol. The molecule has 8 heteroatoms. The fourth-order valence-electron chi connectivity index (χ4n) is 2.22. The molecule has 1 aliphatic rings. The lowest BCUT2D eigenvalue weighted by atomic mass is 10.2. The summed E-state index contributed by atoms with van der Waals surface area (Å²) in [4.78, 5) is 23.2. The molecule has 0 aromatic heterocycles. The van der Waals surface area contributed by atoms with Gasteiger partial charge in [-0.1, -0.05) is 41.6 Å². The number of amides is 2. The molecule has 2 N–H and O–H groups in total. The second-order valence-corrected chi connectivity index (χ2v) is 6.69. The molecule has 2 aromatic rings. The van der Waals surface area contributed by atoms with Crippen LogP contribution >= 0.6 is 11.8 Å². The number of hydrogen-bond acceptors (Lipinski definition) is 6. The summed E-state index contributed by atoms with van der Waals surface area (Å²) in [6.45, 7) is 1.86. The van der Waals surface area contributed by atoms with E-state index in [1.807, 2.05) is 43.3 Å². The van der Waals surface area contributed by atoms with Crippen molar-refractivity contribution in [3.8, 4) is 5.75 Å². The van der Waals surface area contributed by atoms with E-state index in [-0.39, 0.29) is 18.4 Å². The molecule has 2 amide bonds. The second-order valence-electron chi connectivity index (χ2n) is 5.73. The van der Waals surface area contributed by atoms with Crippen LogP contribution in [0.1, 0.15) is 11.1 Å². The zero-order chi connectivity index (χ0) is 19.1. The number of rotatable bonds is 6. The van der Waals surface area contributed by atoms with E-state index in [4.69, 9.17) is 4.74 Å². The first-order valence-electron chi connectivity index (χ1n) is 8.22. The summed E-state index contributed by atoms with van der Waals surface area (Å²) in [7, 11) is 0. The van der Waals surface area contributed by atoms with Crippen molar-refractivity contribution < 1.29 is 14.3 Å². The minimum atomic E-state index is -0.254. The first-order valence-corrected chi connectivity index (χ1v) is 9.21. The molecule has 1 aliphatic heterocycles. The number of hydrogen-bond donors (Lipinski definition) is 2. The molecule has 0 atom stereocenters. The minimum Gasteiger partial charge on any atom is -0.483 e. The van der Waals surface area contributed by atoms with Crippen LogP contribution in [0.5, 0.6) is 5.75 Å². The van der Waals surface area contributed by atoms with E-state index in [1.165, 1.54) is 18.0 Å². The van der Waals surface area contributed by atoms with E-state index < -0.39 is 0 Å². The molecule has 0 bridgehead atoms. The van der Waals surface area contributed by atoms with E-state index in [0.717, 1.165) is 11.3 Å². The van der Waals surface area contributed by atoms with E-state index in [2.05, 4.69) is 20.8 Å². The van der Waals surface area contributed by atoms with Gasteiger partial charge in [-0.25, -0.2) is 0 Å². The van der Waals surface area contributed by atoms with Crippen LogP contribution in [0.15, 0.2) is 58.7 Å². The van der Waals surface area contributed by atoms with Crippen molar-refractivity contribution in [1.29, 1.82) is 0 Å². The molecule has 1 fully saturated rings. The summed E-state index contributed by atoms with van der Waals surface area (Å²) in [5, 5.41) is 13.8. The van der Waals surface area contributed by atoms with Gasteiger partial charge in [-0.15, -0.1) is 5.10 Å². The number of carbonyl (C=O) groups is 2. The Kier molecular flexibility index (Phi) is 6.22. The Labute approximate surface area is 160 Å². The molecule has 0 saturated carbocycles. The van der Waals surface area contributed by atoms with Gasteiger partial charge in [0.25, 0.3) is 5.91 Å². The Morgan fingerprint density at radius 2 is 2.04 bits per heavy atom. The molecule has 0 aliphatic carbocycles. The number of nitrogens with zero attached hydrogens (tertiary/aromatic N) is 2. The standard InChI is InChI=1S/C19H18N4O3S/c1-13-6-8-15(9-7-13)21-17(24)11-26-16-5-3-2-4-14(16)10-20-23-19-22-18(25)12-27-19/h2-10H,11-12H2,1H3,(H,21,24)(H,22,23,25). The summed E-state index contributed by atoms with van der Waals surface area (Å²) < 4.78 is 5.61. The summed E-state index contributed by atoms with van der Waals surface area (Å²) in [5.74, 6) is 0.529. The Balaban J connectivity index is 1.58. The van der Waals surface area contributed by atoms with Crippen LogP contribution in [0.4, 0.5) is 5.69 Å². The van der Waals surface area contributed by atoms with E-state index in [9.17, 15) is 9.59 Å². The van der Waals surface area contributed by atoms with Gasteiger partial charge in [0, 0.05) is 11.3 Å². The highest BCUT2D eigenvalue weighted by Gasteiger charge is 2.16. The SMILES string of the molecule is Cc1ccc(NC(=O)COc2ccccc2C=NN=C2NC(=O)CS2)cc1. The number of aryl methyl sites for hydroxylation is 1. The third-order valence-corrected chi connectivity index (χ3v) is 4.41. The maximum absolute atomic E-state index is 12.1. The first kappa shape index (κ1) is 18.7. The summed E-state index contributed by atoms with van der Waals surface area (Å²) in [5.41, 5.74) is 2.52. The number of amidine groups is 1. The zero-order valence-corrected chi connectivity index (χ0v) is 15.5. The van der Waals surface area contributed by atoms with E-state index in [0.29, 0.717) is 22.2 Å². The van der Waals surface area contributed by atoms with Crippen LogP contribution in [-0.4, -0.2) is 35.6 Å². The summed E-state index contributed by atoms with van der Waals surface area (Å²) in [6, 6.07) is 14.7. The molecule has 1 saturated heterocycles. The average Bonchev–Trinajstić information content (AvgIpc) is 3.08. The van der Waals surface area contributed by atoms with Gasteiger partial charge in [-0.3, -0.25) is 9.59 Å². The van der Waals surface area contributed by atoms with Crippen molar-refractivity contribution in [3.63, 3.8) is 0 Å². The van der Waals surface area contributed by atoms with E-state index in [1.54, 1.807) is 12.1 Å². The Morgan fingerprint density at radius 3 is 2.78 bits per heavy atom. The van der Waals surface area contributed by atoms with Gasteiger partial charge in [0.2, 0.25) is 5.91 Å². The smallest absolute Gasteiger partial charge is 0.262 e. The maximum Gasteiger partial charge on any atom is 0.262 e. The molecule has 138 valence electrons. The van der Waals surface area contributed by atoms with Gasteiger partial charge in [0.05, 0.1) is 12.0 Å². The predicted molar refractivity (Wildman–Crippen MR) is 107 cm³/mol. The van der Waals surface area contributed by atoms with Crippen LogP contribution in [-0.2, 0) is 9.59 Å². The quantitative estimate of drug-likeness (QED) is 0.593. The first-order chi connectivity index (χ1) is 13.1. The van der Waals surface area contributed by atoms with Crippen molar-refractivity contribution in [2.45, 2.75) is 6.92 Å². The number of benzene rings is 2. The topological polar surface area (TPSA) is 92.2 Å². The van der Waals surface area contributed by atoms with Crippen molar-refractivity contribution in [1.82, 2.24) is 5.32 Å². The molecule has 0 spiro atoms. The lowest BCUT2D eigenvalue weighted by molar-refractivity contribution is -0.118. The monoisotopic (exact) mass is 382 g/mol. The van der Waals surface area contributed by atoms with Crippen LogP contribution < -0.4 is 15.4 Å². The lowest BCUT2D eigenvalue weighted by Crippen LogP contribution is -2.20. The van der Waals surface area contributed by atoms with Crippen molar-refractivity contribution in [2.75, 3.05) is 17.7 Å². The number of anilines is 1. The number of carbonyl (C=O) groups excluding carboxylic acids is 2. The fourth-order valence-corrected chi connectivity index (χ4v) is 2.85. The van der Waals surface area contributed by atoms with Crippen molar-refractivity contribution in [3.05, 3.63) is 59.7 Å². The fraction of sp³-hybridized carbons (Fsp3) is 0.158. The Morgan fingerprint density at radius 1 is 1.26 bits per heavy atom. The molecule has 0 unspecified atom stereocenters. The highest BCUT2D eigenvalue weighted by atomic mass is 32.2. The molecule has 1 heterocycles. The van der Waals surface area contributed by atoms with Crippen LogP contribution in [0, 0.1) is 6.92 Å². The van der Waals surface area contributed by atoms with E-state index >= 15 is 0 Å². The number of nitrogens with one attached hydrogen (secondary N) is 2. The van der Waals surface area contributed by atoms with Gasteiger partial charge in [-0.05, 0) is 31.2 Å². The molecule has 27 heavy (non-hydrogen) atoms. The molecule has 3 rings (SSSR count).